The van der Waals surface area contributed by atoms with E-state index in [1.807, 2.05) is 0 Å². The molecule has 5 atom stereocenters. The Morgan fingerprint density at radius 1 is 1.04 bits per heavy atom. The standard InChI is InChI=1S/C34H48N8O10/c1-8-48-30(45)25-23(24(43)29(50-25)41-18-40-22-26(36)38-17-39-27(22)41)42(32(47)52-34(5,6)7)28(44)21(35)16-19-10-12-20(13-11-19)49-15-9-14-37-31(46)51-33(2,3)4/h10-13,17-18,21,23-25,29,43H,8-9,14-16,35H2,1-7H3,(H,37,46)(H2,36,38,39)/t21-,23-,24+,25-,29+/m0/s1. The van der Waals surface area contributed by atoms with Crippen LogP contribution in [0.3, 0.4) is 0 Å². The molecule has 1 fully saturated rings. The van der Waals surface area contributed by atoms with Gasteiger partial charge < -0.3 is 45.6 Å². The van der Waals surface area contributed by atoms with Crippen LogP contribution in [0, 0.1) is 0 Å². The van der Waals surface area contributed by atoms with Crippen LogP contribution < -0.4 is 21.5 Å². The monoisotopic (exact) mass is 728 g/mol. The van der Waals surface area contributed by atoms with Crippen LogP contribution in [0.25, 0.3) is 11.2 Å². The Balaban J connectivity index is 1.52. The van der Waals surface area contributed by atoms with E-state index in [1.165, 1.54) is 17.2 Å². The molecule has 1 saturated heterocycles. The number of alkyl carbamates (subject to hydrolysis) is 1. The quantitative estimate of drug-likeness (QED) is 0.119. The maximum Gasteiger partial charge on any atom is 0.417 e. The zero-order valence-corrected chi connectivity index (χ0v) is 30.4. The minimum atomic E-state index is -1.71. The predicted molar refractivity (Wildman–Crippen MR) is 186 cm³/mol. The first-order valence-corrected chi connectivity index (χ1v) is 16.8. The number of imide groups is 1. The zero-order valence-electron chi connectivity index (χ0n) is 30.4. The second-order valence-electron chi connectivity index (χ2n) is 14.0. The number of hydrogen-bond acceptors (Lipinski definition) is 15. The van der Waals surface area contributed by atoms with E-state index in [0.29, 0.717) is 35.8 Å². The number of imidazole rings is 1. The van der Waals surface area contributed by atoms with Gasteiger partial charge in [0.15, 0.2) is 23.8 Å². The highest BCUT2D eigenvalue weighted by atomic mass is 16.6. The van der Waals surface area contributed by atoms with Gasteiger partial charge in [0.25, 0.3) is 0 Å². The summed E-state index contributed by atoms with van der Waals surface area (Å²) in [5.41, 5.74) is 11.7. The summed E-state index contributed by atoms with van der Waals surface area (Å²) in [7, 11) is 0. The molecule has 284 valence electrons. The molecule has 0 bridgehead atoms. The number of nitrogen functional groups attached to an aromatic ring is 1. The van der Waals surface area contributed by atoms with Crippen molar-refractivity contribution in [2.24, 2.45) is 5.73 Å². The van der Waals surface area contributed by atoms with Crippen molar-refractivity contribution in [1.29, 1.82) is 0 Å². The van der Waals surface area contributed by atoms with Crippen molar-refractivity contribution < 1.29 is 48.0 Å². The minimum absolute atomic E-state index is 0.0300. The Kier molecular flexibility index (Phi) is 12.6. The molecule has 3 heterocycles. The molecule has 2 aromatic heterocycles. The zero-order chi connectivity index (χ0) is 38.4. The number of anilines is 1. The van der Waals surface area contributed by atoms with Gasteiger partial charge in [-0.25, -0.2) is 34.2 Å². The number of nitrogens with one attached hydrogen (secondary N) is 1. The summed E-state index contributed by atoms with van der Waals surface area (Å²) in [6.45, 7) is 12.4. The van der Waals surface area contributed by atoms with Crippen molar-refractivity contribution in [2.75, 3.05) is 25.5 Å². The van der Waals surface area contributed by atoms with E-state index in [2.05, 4.69) is 20.3 Å². The van der Waals surface area contributed by atoms with Crippen molar-refractivity contribution in [1.82, 2.24) is 29.7 Å². The van der Waals surface area contributed by atoms with E-state index in [-0.39, 0.29) is 30.0 Å². The van der Waals surface area contributed by atoms with Crippen LogP contribution in [0.1, 0.15) is 66.7 Å². The molecule has 1 aliphatic heterocycles. The van der Waals surface area contributed by atoms with E-state index in [0.717, 1.165) is 0 Å². The number of nitrogens with two attached hydrogens (primary N) is 2. The van der Waals surface area contributed by atoms with Crippen LogP contribution >= 0.6 is 0 Å². The third-order valence-electron chi connectivity index (χ3n) is 7.50. The predicted octanol–water partition coefficient (Wildman–Crippen LogP) is 2.23. The Labute approximate surface area is 301 Å². The summed E-state index contributed by atoms with van der Waals surface area (Å²) in [5, 5.41) is 14.4. The van der Waals surface area contributed by atoms with Gasteiger partial charge in [-0.3, -0.25) is 9.36 Å². The highest BCUT2D eigenvalue weighted by Crippen LogP contribution is 2.36. The number of benzene rings is 1. The Hall–Kier alpha value is -5.07. The molecule has 1 aliphatic rings. The van der Waals surface area contributed by atoms with Crippen LogP contribution in [0.4, 0.5) is 15.4 Å². The fourth-order valence-corrected chi connectivity index (χ4v) is 5.33. The number of fused-ring (bicyclic) bond motifs is 1. The van der Waals surface area contributed by atoms with Gasteiger partial charge in [-0.1, -0.05) is 12.1 Å². The number of nitrogens with zero attached hydrogens (tertiary/aromatic N) is 5. The highest BCUT2D eigenvalue weighted by molar-refractivity contribution is 5.96. The summed E-state index contributed by atoms with van der Waals surface area (Å²) < 4.78 is 29.1. The molecular weight excluding hydrogens is 680 g/mol. The summed E-state index contributed by atoms with van der Waals surface area (Å²) in [4.78, 5) is 65.9. The normalized spacial score (nSPS) is 19.5. The molecule has 18 nitrogen and oxygen atoms in total. The van der Waals surface area contributed by atoms with Crippen molar-refractivity contribution in [3.8, 4) is 5.75 Å². The number of amides is 3. The molecule has 18 heteroatoms. The number of hydrogen-bond donors (Lipinski definition) is 4. The van der Waals surface area contributed by atoms with Crippen LogP contribution in [0.5, 0.6) is 5.75 Å². The van der Waals surface area contributed by atoms with Gasteiger partial charge in [-0.2, -0.15) is 0 Å². The van der Waals surface area contributed by atoms with Gasteiger partial charge in [-0.15, -0.1) is 0 Å². The van der Waals surface area contributed by atoms with E-state index < -0.39 is 65.8 Å². The molecule has 0 aliphatic carbocycles. The summed E-state index contributed by atoms with van der Waals surface area (Å²) >= 11 is 0. The number of carbonyl (C=O) groups excluding carboxylic acids is 4. The van der Waals surface area contributed by atoms with E-state index >= 15 is 0 Å². The Morgan fingerprint density at radius 3 is 2.35 bits per heavy atom. The van der Waals surface area contributed by atoms with E-state index in [4.69, 9.17) is 35.2 Å². The first-order chi connectivity index (χ1) is 24.4. The Morgan fingerprint density at radius 2 is 1.71 bits per heavy atom. The molecule has 0 spiro atoms. The summed E-state index contributed by atoms with van der Waals surface area (Å²) in [6, 6.07) is 3.86. The topological polar surface area (TPSA) is 246 Å². The number of aliphatic hydroxyl groups is 1. The third kappa shape index (κ3) is 10.0. The molecule has 0 saturated carbocycles. The first kappa shape index (κ1) is 39.7. The number of esters is 1. The van der Waals surface area contributed by atoms with Crippen LogP contribution in [-0.4, -0.2) is 109 Å². The molecule has 0 radical (unpaired) electrons. The van der Waals surface area contributed by atoms with Gasteiger partial charge in [0.05, 0.1) is 25.6 Å². The molecule has 1 aromatic carbocycles. The second kappa shape index (κ2) is 16.5. The second-order valence-corrected chi connectivity index (χ2v) is 14.0. The minimum Gasteiger partial charge on any atom is -0.494 e. The fourth-order valence-electron chi connectivity index (χ4n) is 5.33. The third-order valence-corrected chi connectivity index (χ3v) is 7.50. The number of aromatic nitrogens is 4. The lowest BCUT2D eigenvalue weighted by Crippen LogP contribution is -2.60. The maximum absolute atomic E-state index is 14.1. The van der Waals surface area contributed by atoms with Gasteiger partial charge >= 0.3 is 18.2 Å². The molecular formula is C34H48N8O10. The summed E-state index contributed by atoms with van der Waals surface area (Å²) in [5.74, 6) is -1.25. The average Bonchev–Trinajstić information content (AvgIpc) is 3.62. The van der Waals surface area contributed by atoms with Gasteiger partial charge in [-0.05, 0) is 79.0 Å². The SMILES string of the molecule is CCOC(=O)[C@H]1O[C@@H](n2cnc3c(N)ncnc32)[C@H](O)[C@@H]1N(C(=O)OC(C)(C)C)C(=O)[C@@H](N)Cc1ccc(OCCCNC(=O)OC(C)(C)C)cc1. The maximum atomic E-state index is 14.1. The number of rotatable bonds is 12. The van der Waals surface area contributed by atoms with Crippen LogP contribution in [-0.2, 0) is 35.0 Å². The molecule has 3 aromatic rings. The largest absolute Gasteiger partial charge is 0.494 e. The van der Waals surface area contributed by atoms with Crippen molar-refractivity contribution in [3.63, 3.8) is 0 Å². The van der Waals surface area contributed by atoms with Gasteiger partial charge in [0.1, 0.15) is 40.9 Å². The molecule has 6 N–H and O–H groups in total. The highest BCUT2D eigenvalue weighted by Gasteiger charge is 2.56. The van der Waals surface area contributed by atoms with E-state index in [1.54, 1.807) is 72.7 Å². The Bertz CT molecular complexity index is 1720. The smallest absolute Gasteiger partial charge is 0.417 e. The van der Waals surface area contributed by atoms with Crippen molar-refractivity contribution >= 4 is 41.0 Å². The molecule has 0 unspecified atom stereocenters. The first-order valence-electron chi connectivity index (χ1n) is 16.8. The van der Waals surface area contributed by atoms with Crippen molar-refractivity contribution in [3.05, 3.63) is 42.5 Å². The van der Waals surface area contributed by atoms with Crippen LogP contribution in [0.15, 0.2) is 36.9 Å². The average molecular weight is 729 g/mol. The fraction of sp³-hybridized carbons (Fsp3) is 0.559. The number of aliphatic hydroxyl groups excluding tert-OH is 1. The lowest BCUT2D eigenvalue weighted by atomic mass is 10.0. The number of ether oxygens (including phenoxy) is 5. The van der Waals surface area contributed by atoms with Crippen molar-refractivity contribution in [2.45, 2.75) is 103 Å². The van der Waals surface area contributed by atoms with Crippen LogP contribution in [0.2, 0.25) is 0 Å². The summed E-state index contributed by atoms with van der Waals surface area (Å²) in [6.07, 6.45) is -3.39. The lowest BCUT2D eigenvalue weighted by molar-refractivity contribution is -0.160. The van der Waals surface area contributed by atoms with E-state index in [9.17, 15) is 24.3 Å². The lowest BCUT2D eigenvalue weighted by Gasteiger charge is -2.34. The molecule has 3 amide bonds. The molecule has 52 heavy (non-hydrogen) atoms. The number of carbonyl (C=O) groups is 4. The van der Waals surface area contributed by atoms with Gasteiger partial charge in [0, 0.05) is 6.54 Å². The molecule has 4 rings (SSSR count). The van der Waals surface area contributed by atoms with Gasteiger partial charge in [0.2, 0.25) is 5.91 Å².